The fourth-order valence-corrected chi connectivity index (χ4v) is 3.39. The van der Waals surface area contributed by atoms with Crippen molar-refractivity contribution in [2.45, 2.75) is 19.3 Å². The van der Waals surface area contributed by atoms with Gasteiger partial charge in [-0.3, -0.25) is 4.99 Å². The van der Waals surface area contributed by atoms with Crippen molar-refractivity contribution in [3.63, 3.8) is 0 Å². The molecule has 1 aromatic carbocycles. The molecule has 0 radical (unpaired) electrons. The Hall–Kier alpha value is -1.52. The molecule has 154 valence electrons. The monoisotopic (exact) mass is 517 g/mol. The Morgan fingerprint density at radius 1 is 1.21 bits per heavy atom. The highest BCUT2D eigenvalue weighted by Crippen LogP contribution is 2.32. The van der Waals surface area contributed by atoms with E-state index in [-0.39, 0.29) is 24.0 Å². The largest absolute Gasteiger partial charge is 0.490 e. The number of anilines is 1. The first-order valence-corrected chi connectivity index (χ1v) is 10.2. The number of aliphatic imine (C=N–C) groups is 1. The van der Waals surface area contributed by atoms with Gasteiger partial charge in [0.15, 0.2) is 17.5 Å². The van der Waals surface area contributed by atoms with Crippen molar-refractivity contribution < 1.29 is 14.2 Å². The summed E-state index contributed by atoms with van der Waals surface area (Å²) >= 11 is 1.77. The van der Waals surface area contributed by atoms with Gasteiger partial charge in [0.05, 0.1) is 13.2 Å². The van der Waals surface area contributed by atoms with E-state index in [0.29, 0.717) is 26.4 Å². The van der Waals surface area contributed by atoms with E-state index < -0.39 is 0 Å². The van der Waals surface area contributed by atoms with Gasteiger partial charge in [-0.1, -0.05) is 6.07 Å². The zero-order valence-electron chi connectivity index (χ0n) is 16.1. The number of nitrogens with one attached hydrogen (secondary N) is 2. The van der Waals surface area contributed by atoms with Crippen molar-refractivity contribution in [1.29, 1.82) is 0 Å². The standard InChI is InChI=1S/C20H27N3O3S.HI/c1-24-11-3-9-21-20(22-10-8-17-5-2-14-27-17)23-16-6-7-18-19(15-16)26-13-4-12-25-18;/h2,5-7,14-15H,3-4,8-13H2,1H3,(H2,21,22,23);1H. The van der Waals surface area contributed by atoms with Gasteiger partial charge < -0.3 is 24.8 Å². The number of benzene rings is 1. The lowest BCUT2D eigenvalue weighted by atomic mass is 10.2. The van der Waals surface area contributed by atoms with Crippen LogP contribution < -0.4 is 20.1 Å². The Labute approximate surface area is 187 Å². The molecule has 1 aliphatic heterocycles. The van der Waals surface area contributed by atoms with E-state index in [2.05, 4.69) is 33.1 Å². The van der Waals surface area contributed by atoms with E-state index in [0.717, 1.165) is 49.0 Å². The Morgan fingerprint density at radius 3 is 2.86 bits per heavy atom. The SMILES string of the molecule is COCCCN=C(NCCc1cccs1)Nc1ccc2c(c1)OCCCO2.I. The second-order valence-electron chi connectivity index (χ2n) is 6.17. The van der Waals surface area contributed by atoms with Crippen LogP contribution in [0.3, 0.4) is 0 Å². The predicted octanol–water partition coefficient (Wildman–Crippen LogP) is 4.16. The van der Waals surface area contributed by atoms with Crippen molar-refractivity contribution in [2.24, 2.45) is 4.99 Å². The summed E-state index contributed by atoms with van der Waals surface area (Å²) in [5, 5.41) is 8.88. The molecule has 28 heavy (non-hydrogen) atoms. The van der Waals surface area contributed by atoms with Gasteiger partial charge in [0.2, 0.25) is 0 Å². The van der Waals surface area contributed by atoms with E-state index in [1.807, 2.05) is 18.2 Å². The van der Waals surface area contributed by atoms with E-state index in [1.165, 1.54) is 4.88 Å². The van der Waals surface area contributed by atoms with Crippen LogP contribution in [-0.2, 0) is 11.2 Å². The molecule has 0 atom stereocenters. The fourth-order valence-electron chi connectivity index (χ4n) is 2.68. The summed E-state index contributed by atoms with van der Waals surface area (Å²) in [6.07, 6.45) is 2.75. The molecule has 0 saturated carbocycles. The molecule has 2 heterocycles. The average molecular weight is 517 g/mol. The molecular formula is C20H28IN3O3S. The lowest BCUT2D eigenvalue weighted by Crippen LogP contribution is -2.32. The lowest BCUT2D eigenvalue weighted by molar-refractivity contribution is 0.197. The van der Waals surface area contributed by atoms with Crippen molar-refractivity contribution in [3.05, 3.63) is 40.6 Å². The summed E-state index contributed by atoms with van der Waals surface area (Å²) in [6.45, 7) is 3.59. The Bertz CT molecular complexity index is 725. The molecule has 0 spiro atoms. The Balaban J connectivity index is 0.00000280. The number of fused-ring (bicyclic) bond motifs is 1. The number of hydrogen-bond acceptors (Lipinski definition) is 5. The molecule has 1 aromatic heterocycles. The van der Waals surface area contributed by atoms with E-state index >= 15 is 0 Å². The summed E-state index contributed by atoms with van der Waals surface area (Å²) in [7, 11) is 1.71. The number of guanidine groups is 1. The first kappa shape index (κ1) is 22.8. The van der Waals surface area contributed by atoms with Gasteiger partial charge in [0.1, 0.15) is 0 Å². The maximum Gasteiger partial charge on any atom is 0.195 e. The number of halogens is 1. The third kappa shape index (κ3) is 7.48. The van der Waals surface area contributed by atoms with E-state index in [9.17, 15) is 0 Å². The molecule has 0 fully saturated rings. The van der Waals surface area contributed by atoms with Gasteiger partial charge in [-0.2, -0.15) is 0 Å². The Kier molecular flexibility index (Phi) is 10.4. The number of thiophene rings is 1. The minimum Gasteiger partial charge on any atom is -0.490 e. The first-order chi connectivity index (χ1) is 13.3. The van der Waals surface area contributed by atoms with Gasteiger partial charge in [-0.05, 0) is 36.4 Å². The quantitative estimate of drug-likeness (QED) is 0.238. The summed E-state index contributed by atoms with van der Waals surface area (Å²) in [5.41, 5.74) is 0.924. The number of rotatable bonds is 8. The average Bonchev–Trinajstić information content (AvgIpc) is 3.09. The highest BCUT2D eigenvalue weighted by Gasteiger charge is 2.11. The summed E-state index contributed by atoms with van der Waals surface area (Å²) in [6, 6.07) is 10.1. The van der Waals surface area contributed by atoms with Gasteiger partial charge in [0, 0.05) is 49.9 Å². The van der Waals surface area contributed by atoms with Crippen LogP contribution in [0.4, 0.5) is 5.69 Å². The minimum absolute atomic E-state index is 0. The normalized spacial score (nSPS) is 13.4. The number of methoxy groups -OCH3 is 1. The summed E-state index contributed by atoms with van der Waals surface area (Å²) < 4.78 is 16.6. The van der Waals surface area contributed by atoms with Gasteiger partial charge in [-0.15, -0.1) is 35.3 Å². The number of nitrogens with zero attached hydrogens (tertiary/aromatic N) is 1. The molecule has 0 unspecified atom stereocenters. The van der Waals surface area contributed by atoms with E-state index in [4.69, 9.17) is 14.2 Å². The summed E-state index contributed by atoms with van der Waals surface area (Å²) in [5.74, 6) is 2.33. The van der Waals surface area contributed by atoms with Crippen LogP contribution >= 0.6 is 35.3 Å². The van der Waals surface area contributed by atoms with Crippen LogP contribution in [-0.4, -0.2) is 46.0 Å². The molecule has 0 aliphatic carbocycles. The molecule has 2 N–H and O–H groups in total. The highest BCUT2D eigenvalue weighted by atomic mass is 127. The van der Waals surface area contributed by atoms with Gasteiger partial charge in [0.25, 0.3) is 0 Å². The molecule has 6 nitrogen and oxygen atoms in total. The third-order valence-electron chi connectivity index (χ3n) is 4.03. The first-order valence-electron chi connectivity index (χ1n) is 9.31. The van der Waals surface area contributed by atoms with E-state index in [1.54, 1.807) is 18.4 Å². The van der Waals surface area contributed by atoms with Crippen LogP contribution in [0.2, 0.25) is 0 Å². The molecular weight excluding hydrogens is 489 g/mol. The summed E-state index contributed by atoms with van der Waals surface area (Å²) in [4.78, 5) is 6.01. The second-order valence-corrected chi connectivity index (χ2v) is 7.20. The third-order valence-corrected chi connectivity index (χ3v) is 4.97. The zero-order valence-corrected chi connectivity index (χ0v) is 19.3. The molecule has 2 aromatic rings. The molecule has 0 amide bonds. The van der Waals surface area contributed by atoms with Crippen LogP contribution in [0.5, 0.6) is 11.5 Å². The number of hydrogen-bond donors (Lipinski definition) is 2. The predicted molar refractivity (Wildman–Crippen MR) is 126 cm³/mol. The van der Waals surface area contributed by atoms with Gasteiger partial charge >= 0.3 is 0 Å². The smallest absolute Gasteiger partial charge is 0.195 e. The number of ether oxygens (including phenoxy) is 3. The molecule has 0 bridgehead atoms. The van der Waals surface area contributed by atoms with Crippen molar-refractivity contribution in [3.8, 4) is 11.5 Å². The minimum atomic E-state index is 0. The fraction of sp³-hybridized carbons (Fsp3) is 0.450. The van der Waals surface area contributed by atoms with Crippen molar-refractivity contribution in [2.75, 3.05) is 45.3 Å². The molecule has 3 rings (SSSR count). The van der Waals surface area contributed by atoms with Crippen LogP contribution in [0.1, 0.15) is 17.7 Å². The molecule has 1 aliphatic rings. The van der Waals surface area contributed by atoms with Crippen molar-refractivity contribution >= 4 is 47.0 Å². The van der Waals surface area contributed by atoms with Crippen LogP contribution in [0, 0.1) is 0 Å². The lowest BCUT2D eigenvalue weighted by Gasteiger charge is -2.14. The highest BCUT2D eigenvalue weighted by molar-refractivity contribution is 14.0. The maximum atomic E-state index is 5.77. The van der Waals surface area contributed by atoms with Gasteiger partial charge in [-0.25, -0.2) is 0 Å². The van der Waals surface area contributed by atoms with Crippen LogP contribution in [0.15, 0.2) is 40.7 Å². The topological polar surface area (TPSA) is 64.1 Å². The Morgan fingerprint density at radius 2 is 2.07 bits per heavy atom. The zero-order chi connectivity index (χ0) is 18.7. The molecule has 0 saturated heterocycles. The van der Waals surface area contributed by atoms with Crippen molar-refractivity contribution in [1.82, 2.24) is 5.32 Å². The maximum absolute atomic E-state index is 5.77. The molecule has 8 heteroatoms. The second kappa shape index (κ2) is 12.8. The van der Waals surface area contributed by atoms with Crippen LogP contribution in [0.25, 0.3) is 0 Å².